The molecule has 106 valence electrons. The second-order valence-electron chi connectivity index (χ2n) is 4.74. The van der Waals surface area contributed by atoms with E-state index in [1.165, 1.54) is 0 Å². The van der Waals surface area contributed by atoms with Gasteiger partial charge in [0.15, 0.2) is 0 Å². The molecule has 0 aliphatic heterocycles. The van der Waals surface area contributed by atoms with Gasteiger partial charge in [0, 0.05) is 33.9 Å². The van der Waals surface area contributed by atoms with E-state index in [0.717, 1.165) is 22.8 Å². The molecule has 0 aliphatic rings. The topological polar surface area (TPSA) is 24.9 Å². The number of nitrogens with one attached hydrogen (secondary N) is 1. The summed E-state index contributed by atoms with van der Waals surface area (Å²) in [6, 6.07) is 11.6. The molecule has 2 nitrogen and oxygen atoms in total. The lowest BCUT2D eigenvalue weighted by molar-refractivity contribution is 0.472. The van der Waals surface area contributed by atoms with Crippen LogP contribution in [0.3, 0.4) is 0 Å². The fourth-order valence-electron chi connectivity index (χ4n) is 2.35. The Balaban J connectivity index is 2.38. The molecule has 1 N–H and O–H groups in total. The van der Waals surface area contributed by atoms with Crippen molar-refractivity contribution in [3.05, 3.63) is 63.9 Å². The molecular formula is C16H18Cl2N2. The van der Waals surface area contributed by atoms with Gasteiger partial charge in [0.05, 0.1) is 0 Å². The molecule has 0 radical (unpaired) electrons. The molecule has 0 spiro atoms. The minimum Gasteiger partial charge on any atom is -0.310 e. The Morgan fingerprint density at radius 3 is 2.65 bits per heavy atom. The first kappa shape index (κ1) is 15.3. The summed E-state index contributed by atoms with van der Waals surface area (Å²) in [7, 11) is 0. The average molecular weight is 309 g/mol. The molecule has 2 atom stereocenters. The molecule has 2 rings (SSSR count). The first-order valence-electron chi connectivity index (χ1n) is 6.72. The number of rotatable bonds is 5. The third-order valence-electron chi connectivity index (χ3n) is 3.37. The normalized spacial score (nSPS) is 14.0. The van der Waals surface area contributed by atoms with Crippen LogP contribution in [0.15, 0.2) is 42.6 Å². The van der Waals surface area contributed by atoms with Crippen LogP contribution in [0, 0.1) is 0 Å². The summed E-state index contributed by atoms with van der Waals surface area (Å²) in [6.07, 6.45) is 1.81. The van der Waals surface area contributed by atoms with Crippen molar-refractivity contribution in [2.24, 2.45) is 0 Å². The Kier molecular flexibility index (Phi) is 5.41. The van der Waals surface area contributed by atoms with E-state index in [9.17, 15) is 0 Å². The molecule has 2 unspecified atom stereocenters. The Hall–Kier alpha value is -1.09. The first-order chi connectivity index (χ1) is 9.63. The monoisotopic (exact) mass is 308 g/mol. The number of pyridine rings is 1. The van der Waals surface area contributed by atoms with Crippen LogP contribution in [0.1, 0.15) is 37.1 Å². The van der Waals surface area contributed by atoms with E-state index in [2.05, 4.69) is 24.1 Å². The van der Waals surface area contributed by atoms with Crippen LogP contribution < -0.4 is 5.32 Å². The highest BCUT2D eigenvalue weighted by Gasteiger charge is 2.23. The molecule has 1 heterocycles. The van der Waals surface area contributed by atoms with Crippen molar-refractivity contribution in [2.45, 2.75) is 25.8 Å². The molecule has 0 aliphatic carbocycles. The summed E-state index contributed by atoms with van der Waals surface area (Å²) in [6.45, 7) is 5.08. The fourth-order valence-corrected chi connectivity index (χ4v) is 2.76. The molecule has 0 saturated heterocycles. The molecular weight excluding hydrogens is 291 g/mol. The van der Waals surface area contributed by atoms with Gasteiger partial charge in [-0.15, -0.1) is 0 Å². The van der Waals surface area contributed by atoms with Gasteiger partial charge in [-0.3, -0.25) is 4.98 Å². The molecule has 0 bridgehead atoms. The smallest absolute Gasteiger partial charge is 0.0455 e. The van der Waals surface area contributed by atoms with Crippen LogP contribution in [-0.2, 0) is 0 Å². The molecule has 1 aromatic carbocycles. The van der Waals surface area contributed by atoms with Gasteiger partial charge < -0.3 is 5.32 Å². The third kappa shape index (κ3) is 3.51. The van der Waals surface area contributed by atoms with Crippen molar-refractivity contribution in [1.82, 2.24) is 10.3 Å². The van der Waals surface area contributed by atoms with E-state index in [4.69, 9.17) is 23.2 Å². The van der Waals surface area contributed by atoms with E-state index < -0.39 is 0 Å². The fraction of sp³-hybridized carbons (Fsp3) is 0.312. The van der Waals surface area contributed by atoms with Crippen molar-refractivity contribution in [3.8, 4) is 0 Å². The molecule has 0 saturated carbocycles. The molecule has 4 heteroatoms. The van der Waals surface area contributed by atoms with Crippen LogP contribution >= 0.6 is 23.2 Å². The van der Waals surface area contributed by atoms with E-state index >= 15 is 0 Å². The minimum absolute atomic E-state index is 0.0844. The van der Waals surface area contributed by atoms with Crippen molar-refractivity contribution in [2.75, 3.05) is 6.54 Å². The zero-order valence-corrected chi connectivity index (χ0v) is 13.1. The Morgan fingerprint density at radius 1 is 1.20 bits per heavy atom. The van der Waals surface area contributed by atoms with Gasteiger partial charge in [0.25, 0.3) is 0 Å². The lowest BCUT2D eigenvalue weighted by Crippen LogP contribution is -2.26. The predicted octanol–water partition coefficient (Wildman–Crippen LogP) is 4.84. The summed E-state index contributed by atoms with van der Waals surface area (Å²) in [4.78, 5) is 4.44. The van der Waals surface area contributed by atoms with Crippen LogP contribution in [0.2, 0.25) is 10.0 Å². The van der Waals surface area contributed by atoms with Crippen LogP contribution in [0.5, 0.6) is 0 Å². The zero-order chi connectivity index (χ0) is 14.5. The summed E-state index contributed by atoms with van der Waals surface area (Å²) >= 11 is 12.4. The highest BCUT2D eigenvalue weighted by Crippen LogP contribution is 2.34. The maximum Gasteiger partial charge on any atom is 0.0455 e. The van der Waals surface area contributed by atoms with Gasteiger partial charge in [0.1, 0.15) is 0 Å². The molecule has 1 aromatic heterocycles. The van der Waals surface area contributed by atoms with Gasteiger partial charge in [-0.05, 0) is 42.4 Å². The summed E-state index contributed by atoms with van der Waals surface area (Å²) in [5.41, 5.74) is 2.05. The lowest BCUT2D eigenvalue weighted by Gasteiger charge is -2.26. The number of aromatic nitrogens is 1. The van der Waals surface area contributed by atoms with Gasteiger partial charge in [-0.1, -0.05) is 43.1 Å². The van der Waals surface area contributed by atoms with Crippen LogP contribution in [-0.4, -0.2) is 11.5 Å². The predicted molar refractivity (Wildman–Crippen MR) is 85.5 cm³/mol. The average Bonchev–Trinajstić information content (AvgIpc) is 2.48. The number of benzene rings is 1. The summed E-state index contributed by atoms with van der Waals surface area (Å²) in [5, 5.41) is 4.90. The first-order valence-corrected chi connectivity index (χ1v) is 7.48. The largest absolute Gasteiger partial charge is 0.310 e. The van der Waals surface area contributed by atoms with Gasteiger partial charge in [0.2, 0.25) is 0 Å². The maximum atomic E-state index is 6.34. The van der Waals surface area contributed by atoms with Crippen molar-refractivity contribution in [3.63, 3.8) is 0 Å². The quantitative estimate of drug-likeness (QED) is 0.854. The van der Waals surface area contributed by atoms with Gasteiger partial charge in [-0.2, -0.15) is 0 Å². The maximum absolute atomic E-state index is 6.34. The second-order valence-corrected chi connectivity index (χ2v) is 5.59. The number of hydrogen-bond acceptors (Lipinski definition) is 2. The second kappa shape index (κ2) is 7.07. The highest BCUT2D eigenvalue weighted by molar-refractivity contribution is 6.33. The number of halogens is 2. The van der Waals surface area contributed by atoms with Gasteiger partial charge >= 0.3 is 0 Å². The van der Waals surface area contributed by atoms with Crippen molar-refractivity contribution < 1.29 is 0 Å². The lowest BCUT2D eigenvalue weighted by atomic mass is 9.91. The summed E-state index contributed by atoms with van der Waals surface area (Å²) in [5.74, 6) is 0.201. The zero-order valence-electron chi connectivity index (χ0n) is 11.6. The molecule has 2 aromatic rings. The molecule has 20 heavy (non-hydrogen) atoms. The molecule has 0 fully saturated rings. The number of likely N-dealkylation sites (N-methyl/N-ethyl adjacent to an activating group) is 1. The number of nitrogens with zero attached hydrogens (tertiary/aromatic N) is 1. The SMILES string of the molecule is CCNC(c1cc(Cl)ccc1Cl)C(C)c1ccccn1. The standard InChI is InChI=1S/C16H18Cl2N2/c1-3-19-16(11(2)15-6-4-5-9-20-15)13-10-12(17)7-8-14(13)18/h4-11,16,19H,3H2,1-2H3. The van der Waals surface area contributed by atoms with Crippen molar-refractivity contribution >= 4 is 23.2 Å². The molecule has 0 amide bonds. The Bertz CT molecular complexity index is 558. The highest BCUT2D eigenvalue weighted by atomic mass is 35.5. The third-order valence-corrected chi connectivity index (χ3v) is 3.95. The van der Waals surface area contributed by atoms with Gasteiger partial charge in [-0.25, -0.2) is 0 Å². The van der Waals surface area contributed by atoms with Crippen LogP contribution in [0.4, 0.5) is 0 Å². The van der Waals surface area contributed by atoms with E-state index in [1.807, 2.05) is 42.6 Å². The van der Waals surface area contributed by atoms with E-state index in [-0.39, 0.29) is 12.0 Å². The van der Waals surface area contributed by atoms with Crippen LogP contribution in [0.25, 0.3) is 0 Å². The van der Waals surface area contributed by atoms with E-state index in [1.54, 1.807) is 0 Å². The Labute approximate surface area is 130 Å². The number of hydrogen-bond donors (Lipinski definition) is 1. The summed E-state index contributed by atoms with van der Waals surface area (Å²) < 4.78 is 0. The minimum atomic E-state index is 0.0844. The van der Waals surface area contributed by atoms with E-state index in [0.29, 0.717) is 5.02 Å². The Morgan fingerprint density at radius 2 is 2.00 bits per heavy atom. The van der Waals surface area contributed by atoms with Crippen molar-refractivity contribution in [1.29, 1.82) is 0 Å².